The Morgan fingerprint density at radius 2 is 1.79 bits per heavy atom. The van der Waals surface area contributed by atoms with E-state index >= 15 is 0 Å². The van der Waals surface area contributed by atoms with Crippen LogP contribution in [0.15, 0.2) is 60.8 Å². The molecule has 1 fully saturated rings. The van der Waals surface area contributed by atoms with Gasteiger partial charge in [-0.05, 0) is 48.9 Å². The topological polar surface area (TPSA) is 130 Å². The standard InChI is InChI=1S/C28H29N7O4/c1-17(36)31-20-11-13-35(16-20)27(38)18-4-6-19(7-5-18)32-28-33-23-14-21(8-9-25(23)34(28)3)39-22-10-12-30-24(15-22)26(37)29-2/h4-10,12,14-15,20H,11,13,16H2,1-3H3,(H,29,37)(H,31,36)(H,32,33). The normalized spacial score (nSPS) is 14.7. The average molecular weight is 528 g/mol. The van der Waals surface area contributed by atoms with Gasteiger partial charge in [0.25, 0.3) is 11.8 Å². The highest BCUT2D eigenvalue weighted by molar-refractivity contribution is 5.95. The van der Waals surface area contributed by atoms with E-state index in [1.165, 1.54) is 13.1 Å². The van der Waals surface area contributed by atoms with Crippen molar-refractivity contribution in [2.45, 2.75) is 19.4 Å². The summed E-state index contributed by atoms with van der Waals surface area (Å²) in [6, 6.07) is 16.1. The van der Waals surface area contributed by atoms with Gasteiger partial charge in [0.15, 0.2) is 0 Å². The van der Waals surface area contributed by atoms with Crippen molar-refractivity contribution in [2.75, 3.05) is 25.5 Å². The maximum Gasteiger partial charge on any atom is 0.269 e. The van der Waals surface area contributed by atoms with Crippen LogP contribution in [0.25, 0.3) is 11.0 Å². The third-order valence-corrected chi connectivity index (χ3v) is 6.55. The molecular formula is C28H29N7O4. The minimum absolute atomic E-state index is 0.000543. The minimum Gasteiger partial charge on any atom is -0.457 e. The van der Waals surface area contributed by atoms with Gasteiger partial charge in [0.1, 0.15) is 17.2 Å². The van der Waals surface area contributed by atoms with Gasteiger partial charge in [-0.15, -0.1) is 0 Å². The Bertz CT molecular complexity index is 1550. The molecule has 200 valence electrons. The van der Waals surface area contributed by atoms with Crippen molar-refractivity contribution in [3.63, 3.8) is 0 Å². The van der Waals surface area contributed by atoms with Crippen molar-refractivity contribution < 1.29 is 19.1 Å². The Labute approximate surface area is 225 Å². The molecule has 5 rings (SSSR count). The second-order valence-corrected chi connectivity index (χ2v) is 9.34. The predicted octanol–water partition coefficient (Wildman–Crippen LogP) is 3.21. The third kappa shape index (κ3) is 5.66. The first-order chi connectivity index (χ1) is 18.8. The van der Waals surface area contributed by atoms with E-state index in [2.05, 4.69) is 20.9 Å². The molecule has 3 heterocycles. The molecule has 0 bridgehead atoms. The molecule has 4 aromatic rings. The number of nitrogens with one attached hydrogen (secondary N) is 3. The number of imidazole rings is 1. The number of hydrogen-bond donors (Lipinski definition) is 3. The van der Waals surface area contributed by atoms with E-state index in [1.54, 1.807) is 36.2 Å². The smallest absolute Gasteiger partial charge is 0.269 e. The fourth-order valence-corrected chi connectivity index (χ4v) is 4.58. The molecule has 39 heavy (non-hydrogen) atoms. The average Bonchev–Trinajstić information content (AvgIpc) is 3.52. The molecule has 0 radical (unpaired) electrons. The fourth-order valence-electron chi connectivity index (χ4n) is 4.58. The highest BCUT2D eigenvalue weighted by Crippen LogP contribution is 2.28. The van der Waals surface area contributed by atoms with E-state index < -0.39 is 0 Å². The quantitative estimate of drug-likeness (QED) is 0.336. The second kappa shape index (κ2) is 10.8. The van der Waals surface area contributed by atoms with Crippen LogP contribution in [-0.4, -0.2) is 63.3 Å². The Hall–Kier alpha value is -4.93. The number of benzene rings is 2. The highest BCUT2D eigenvalue weighted by Gasteiger charge is 2.27. The molecule has 2 aromatic heterocycles. The van der Waals surface area contributed by atoms with Gasteiger partial charge < -0.3 is 30.2 Å². The molecule has 1 unspecified atom stereocenters. The summed E-state index contributed by atoms with van der Waals surface area (Å²) in [6.45, 7) is 2.62. The fraction of sp³-hybridized carbons (Fsp3) is 0.250. The first-order valence-electron chi connectivity index (χ1n) is 12.6. The number of nitrogens with zero attached hydrogens (tertiary/aromatic N) is 4. The number of hydrogen-bond acceptors (Lipinski definition) is 7. The number of carbonyl (C=O) groups excluding carboxylic acids is 3. The molecule has 3 amide bonds. The van der Waals surface area contributed by atoms with Crippen LogP contribution in [0, 0.1) is 0 Å². The minimum atomic E-state index is -0.291. The molecule has 1 saturated heterocycles. The van der Waals surface area contributed by atoms with Crippen molar-refractivity contribution in [1.29, 1.82) is 0 Å². The Balaban J connectivity index is 1.27. The van der Waals surface area contributed by atoms with E-state index in [4.69, 9.17) is 9.72 Å². The van der Waals surface area contributed by atoms with Crippen LogP contribution in [0.5, 0.6) is 11.5 Å². The summed E-state index contributed by atoms with van der Waals surface area (Å²) in [6.07, 6.45) is 2.28. The SMILES string of the molecule is CNC(=O)c1cc(Oc2ccc3c(c2)nc(Nc2ccc(C(=O)N4CCC(NC(C)=O)C4)cc2)n3C)ccn1. The summed E-state index contributed by atoms with van der Waals surface area (Å²) in [5, 5.41) is 8.73. The molecule has 0 saturated carbocycles. The summed E-state index contributed by atoms with van der Waals surface area (Å²) in [4.78, 5) is 46.6. The number of carbonyl (C=O) groups is 3. The number of rotatable bonds is 7. The van der Waals surface area contributed by atoms with Crippen molar-refractivity contribution in [3.8, 4) is 11.5 Å². The molecule has 2 aromatic carbocycles. The predicted molar refractivity (Wildman–Crippen MR) is 146 cm³/mol. The van der Waals surface area contributed by atoms with Crippen molar-refractivity contribution in [3.05, 3.63) is 72.1 Å². The molecule has 11 heteroatoms. The highest BCUT2D eigenvalue weighted by atomic mass is 16.5. The van der Waals surface area contributed by atoms with Crippen LogP contribution in [0.1, 0.15) is 34.2 Å². The van der Waals surface area contributed by atoms with Gasteiger partial charge in [-0.1, -0.05) is 0 Å². The first-order valence-corrected chi connectivity index (χ1v) is 12.6. The molecule has 3 N–H and O–H groups in total. The van der Waals surface area contributed by atoms with E-state index in [0.717, 1.165) is 23.1 Å². The molecule has 1 atom stereocenters. The zero-order valence-corrected chi connectivity index (χ0v) is 21.9. The lowest BCUT2D eigenvalue weighted by atomic mass is 10.2. The lowest BCUT2D eigenvalue weighted by Gasteiger charge is -2.17. The van der Waals surface area contributed by atoms with Gasteiger partial charge in [-0.3, -0.25) is 19.4 Å². The van der Waals surface area contributed by atoms with Crippen molar-refractivity contribution >= 4 is 40.4 Å². The number of fused-ring (bicyclic) bond motifs is 1. The molecule has 1 aliphatic rings. The largest absolute Gasteiger partial charge is 0.457 e. The van der Waals surface area contributed by atoms with Gasteiger partial charge in [-0.25, -0.2) is 4.98 Å². The van der Waals surface area contributed by atoms with E-state index in [0.29, 0.717) is 36.1 Å². The molecule has 0 spiro atoms. The zero-order chi connectivity index (χ0) is 27.5. The van der Waals surface area contributed by atoms with E-state index in [9.17, 15) is 14.4 Å². The number of pyridine rings is 1. The summed E-state index contributed by atoms with van der Waals surface area (Å²) in [5.41, 5.74) is 3.28. The third-order valence-electron chi connectivity index (χ3n) is 6.55. The number of ether oxygens (including phenoxy) is 1. The molecule has 1 aliphatic heterocycles. The summed E-state index contributed by atoms with van der Waals surface area (Å²) in [5.74, 6) is 1.27. The summed E-state index contributed by atoms with van der Waals surface area (Å²) >= 11 is 0. The molecule has 0 aliphatic carbocycles. The van der Waals surface area contributed by atoms with Crippen LogP contribution < -0.4 is 20.7 Å². The number of anilines is 2. The van der Waals surface area contributed by atoms with E-state index in [-0.39, 0.29) is 29.5 Å². The van der Waals surface area contributed by atoms with Gasteiger partial charge >= 0.3 is 0 Å². The number of amides is 3. The maximum atomic E-state index is 12.9. The number of likely N-dealkylation sites (tertiary alicyclic amines) is 1. The van der Waals surface area contributed by atoms with Crippen LogP contribution in [0.4, 0.5) is 11.6 Å². The Morgan fingerprint density at radius 3 is 2.54 bits per heavy atom. The summed E-state index contributed by atoms with van der Waals surface area (Å²) < 4.78 is 7.88. The van der Waals surface area contributed by atoms with Crippen LogP contribution >= 0.6 is 0 Å². The van der Waals surface area contributed by atoms with E-state index in [1.807, 2.05) is 41.9 Å². The summed E-state index contributed by atoms with van der Waals surface area (Å²) in [7, 11) is 3.46. The van der Waals surface area contributed by atoms with Crippen molar-refractivity contribution in [2.24, 2.45) is 7.05 Å². The zero-order valence-electron chi connectivity index (χ0n) is 21.9. The van der Waals surface area contributed by atoms with Gasteiger partial charge in [0, 0.05) is 69.7 Å². The monoisotopic (exact) mass is 527 g/mol. The van der Waals surface area contributed by atoms with Gasteiger partial charge in [-0.2, -0.15) is 0 Å². The lowest BCUT2D eigenvalue weighted by molar-refractivity contribution is -0.119. The number of aryl methyl sites for hydroxylation is 1. The van der Waals surface area contributed by atoms with Gasteiger partial charge in [0.05, 0.1) is 11.0 Å². The van der Waals surface area contributed by atoms with Crippen LogP contribution in [0.3, 0.4) is 0 Å². The molecular weight excluding hydrogens is 498 g/mol. The first kappa shape index (κ1) is 25.7. The van der Waals surface area contributed by atoms with Gasteiger partial charge in [0.2, 0.25) is 11.9 Å². The Morgan fingerprint density at radius 1 is 1.03 bits per heavy atom. The Kier molecular flexibility index (Phi) is 7.13. The van der Waals surface area contributed by atoms with Crippen LogP contribution in [-0.2, 0) is 11.8 Å². The second-order valence-electron chi connectivity index (χ2n) is 9.34. The molecule has 11 nitrogen and oxygen atoms in total. The van der Waals surface area contributed by atoms with Crippen LogP contribution in [0.2, 0.25) is 0 Å². The number of aromatic nitrogens is 3. The maximum absolute atomic E-state index is 12.9. The van der Waals surface area contributed by atoms with Crippen molar-refractivity contribution in [1.82, 2.24) is 30.1 Å². The lowest BCUT2D eigenvalue weighted by Crippen LogP contribution is -2.37.